The first kappa shape index (κ1) is 53.1. The lowest BCUT2D eigenvalue weighted by molar-refractivity contribution is -0.466. The molecule has 0 aromatic heterocycles. The van der Waals surface area contributed by atoms with Gasteiger partial charge < -0.3 is 26.1 Å². The number of nitrogens with one attached hydrogen (secondary N) is 7. The van der Waals surface area contributed by atoms with Gasteiger partial charge in [0.2, 0.25) is 0 Å². The average Bonchev–Trinajstić information content (AvgIpc) is 3.25. The van der Waals surface area contributed by atoms with Crippen molar-refractivity contribution in [2.75, 3.05) is 30.3 Å². The molecule has 0 bridgehead atoms. The van der Waals surface area contributed by atoms with E-state index in [-0.39, 0.29) is 31.2 Å². The summed E-state index contributed by atoms with van der Waals surface area (Å²) in [5.74, 6) is 0.209. The number of alkyl halides is 12. The molecule has 0 saturated carbocycles. The molecule has 0 fully saturated rings. The third-order valence-corrected chi connectivity index (χ3v) is 9.97. The molecule has 0 aliphatic rings. The molecule has 7 N–H and O–H groups in total. The molecule has 0 aliphatic carbocycles. The van der Waals surface area contributed by atoms with E-state index in [1.165, 1.54) is 0 Å². The highest BCUT2D eigenvalue weighted by Gasteiger charge is 2.38. The number of hydrogen-bond donors (Lipinski definition) is 7. The van der Waals surface area contributed by atoms with E-state index in [0.29, 0.717) is 54.8 Å². The molecule has 4 aromatic rings. The van der Waals surface area contributed by atoms with Crippen LogP contribution in [-0.4, -0.2) is 43.9 Å². The number of carbonyl (C=O) groups is 3. The fraction of sp³-hybridized carbons (Fsp3) is 0.378. The van der Waals surface area contributed by atoms with Crippen LogP contribution in [-0.2, 0) is 29.5 Å². The van der Waals surface area contributed by atoms with Gasteiger partial charge in [0, 0.05) is 17.8 Å². The van der Waals surface area contributed by atoms with Gasteiger partial charge in [0.25, 0.3) is 0 Å². The van der Waals surface area contributed by atoms with Gasteiger partial charge in [-0.3, -0.25) is 15.6 Å². The van der Waals surface area contributed by atoms with E-state index in [4.69, 9.17) is 0 Å². The Morgan fingerprint density at radius 2 is 0.896 bits per heavy atom. The second kappa shape index (κ2) is 24.3. The number of guanidine groups is 1. The predicted molar refractivity (Wildman–Crippen MR) is 225 cm³/mol. The van der Waals surface area contributed by atoms with E-state index >= 15 is 0 Å². The van der Waals surface area contributed by atoms with Gasteiger partial charge >= 0.3 is 42.7 Å². The lowest BCUT2D eigenvalue weighted by atomic mass is 10.1. The van der Waals surface area contributed by atoms with Crippen LogP contribution in [0.2, 0.25) is 0 Å². The third-order valence-electron chi connectivity index (χ3n) is 9.97. The minimum absolute atomic E-state index is 0.0804. The maximum atomic E-state index is 13.5. The molecule has 0 heterocycles. The Hall–Kier alpha value is -6.48. The monoisotopic (exact) mass is 962 g/mol. The quantitative estimate of drug-likeness (QED) is 0.0156. The lowest BCUT2D eigenvalue weighted by Gasteiger charge is -2.21. The molecule has 4 amide bonds. The van der Waals surface area contributed by atoms with Crippen LogP contribution in [0.3, 0.4) is 0 Å². The maximum Gasteiger partial charge on any atom is 0.416 e. The van der Waals surface area contributed by atoms with Crippen LogP contribution in [0.25, 0.3) is 0 Å². The largest absolute Gasteiger partial charge is 0.416 e. The Labute approximate surface area is 377 Å². The normalized spacial score (nSPS) is 13.3. The summed E-state index contributed by atoms with van der Waals surface area (Å²) in [4.78, 5) is 40.2. The molecule has 4 aromatic carbocycles. The number of carbonyl (C=O) groups excluding carboxylic acids is 3. The molecule has 0 unspecified atom stereocenters. The summed E-state index contributed by atoms with van der Waals surface area (Å²) in [5.41, 5.74) is -7.22. The number of unbranched alkanes of at least 4 members (excludes halogenated alkanes) is 7. The summed E-state index contributed by atoms with van der Waals surface area (Å²) in [5, 5.41) is 15.5. The summed E-state index contributed by atoms with van der Waals surface area (Å²) in [6.07, 6.45) is -13.4. The van der Waals surface area contributed by atoms with Gasteiger partial charge in [0.15, 0.2) is 0 Å². The van der Waals surface area contributed by atoms with Crippen molar-refractivity contribution in [2.45, 2.75) is 88.2 Å². The molecular formula is C45H48F12N7O3+. The highest BCUT2D eigenvalue weighted by atomic mass is 19.4. The Kier molecular flexibility index (Phi) is 19.3. The van der Waals surface area contributed by atoms with Crippen molar-refractivity contribution in [3.8, 4) is 0 Å². The average molecular weight is 963 g/mol. The Morgan fingerprint density at radius 1 is 0.507 bits per heavy atom. The number of urea groups is 2. The molecular weight excluding hydrogens is 915 g/mol. The van der Waals surface area contributed by atoms with E-state index in [1.54, 1.807) is 60.7 Å². The number of rotatable bonds is 20. The second-order valence-corrected chi connectivity index (χ2v) is 15.2. The molecule has 10 nitrogen and oxygen atoms in total. The molecule has 22 heteroatoms. The van der Waals surface area contributed by atoms with Gasteiger partial charge in [-0.15, -0.1) is 0 Å². The van der Waals surface area contributed by atoms with E-state index < -0.39 is 82.5 Å². The van der Waals surface area contributed by atoms with Crippen LogP contribution in [0.15, 0.2) is 97.1 Å². The highest BCUT2D eigenvalue weighted by molar-refractivity contribution is 5.90. The Morgan fingerprint density at radius 3 is 1.31 bits per heavy atom. The minimum Gasteiger partial charge on any atom is -0.328 e. The van der Waals surface area contributed by atoms with Gasteiger partial charge in [-0.05, 0) is 60.4 Å². The minimum atomic E-state index is -5.17. The Balaban J connectivity index is 1.58. The fourth-order valence-electron chi connectivity index (χ4n) is 6.63. The van der Waals surface area contributed by atoms with Crippen molar-refractivity contribution in [3.05, 3.63) is 130 Å². The molecule has 364 valence electrons. The maximum absolute atomic E-state index is 13.5. The van der Waals surface area contributed by atoms with E-state index in [1.807, 2.05) is 0 Å². The molecule has 4 rings (SSSR count). The van der Waals surface area contributed by atoms with Crippen LogP contribution < -0.4 is 36.9 Å². The zero-order chi connectivity index (χ0) is 49.3. The van der Waals surface area contributed by atoms with Gasteiger partial charge in [-0.2, -0.15) is 52.7 Å². The number of hydrogen-bond acceptors (Lipinski definition) is 3. The van der Waals surface area contributed by atoms with Crippen LogP contribution >= 0.6 is 0 Å². The Bertz CT molecular complexity index is 2170. The van der Waals surface area contributed by atoms with Crippen molar-refractivity contribution in [1.82, 2.24) is 21.3 Å². The number of amides is 4. The molecule has 67 heavy (non-hydrogen) atoms. The lowest BCUT2D eigenvalue weighted by Crippen LogP contribution is -2.81. The first-order valence-corrected chi connectivity index (χ1v) is 20.9. The summed E-state index contributed by atoms with van der Waals surface area (Å²) in [6, 6.07) is 13.2. The summed E-state index contributed by atoms with van der Waals surface area (Å²) in [6.45, 7) is 0.0401. The third kappa shape index (κ3) is 18.4. The smallest absolute Gasteiger partial charge is 0.328 e. The topological polar surface area (TPSA) is 137 Å². The number of halogens is 12. The first-order valence-electron chi connectivity index (χ1n) is 20.9. The number of benzene rings is 4. The van der Waals surface area contributed by atoms with Crippen LogP contribution in [0.4, 0.5) is 73.6 Å². The number of aldehydes is 1. The first-order chi connectivity index (χ1) is 31.5. The predicted octanol–water partition coefficient (Wildman–Crippen LogP) is 10.1. The van der Waals surface area contributed by atoms with Crippen molar-refractivity contribution >= 4 is 35.7 Å². The van der Waals surface area contributed by atoms with Crippen molar-refractivity contribution in [1.29, 1.82) is 0 Å². The number of anilines is 2. The molecule has 0 radical (unpaired) electrons. The van der Waals surface area contributed by atoms with E-state index in [0.717, 1.165) is 44.8 Å². The van der Waals surface area contributed by atoms with Gasteiger partial charge in [0.1, 0.15) is 6.29 Å². The van der Waals surface area contributed by atoms with Crippen molar-refractivity contribution in [3.63, 3.8) is 0 Å². The van der Waals surface area contributed by atoms with E-state index in [2.05, 4.69) is 36.9 Å². The zero-order valence-electron chi connectivity index (χ0n) is 35.5. The van der Waals surface area contributed by atoms with Crippen LogP contribution in [0.1, 0.15) is 96.8 Å². The molecule has 0 spiro atoms. The highest BCUT2D eigenvalue weighted by Crippen LogP contribution is 2.39. The standard InChI is InChI=1S/C45H47F12N7O3/c46-42(47,48)31-21-32(43(49,50)51)24-35(23-31)61-40(66)63-37(29-15-9-7-10-16-29)27-59-39(58-19-13-5-3-1-2-4-6-14-20-65)60-28-38(30-17-11-8-12-18-30)64-41(67)62-36-25-33(44(52,53)54)22-34(26-36)45(55,56)57/h7-12,15-18,20-26,37-38H,1-6,13-14,19,27-28H2,(H2,58,59,60)(H2,61,63,66)(H2,62,64,67)/p+1/t37-,38-/m1/s1. The molecule has 0 aliphatic heterocycles. The fourth-order valence-corrected chi connectivity index (χ4v) is 6.63. The summed E-state index contributed by atoms with van der Waals surface area (Å²) >= 11 is 0. The summed E-state index contributed by atoms with van der Waals surface area (Å²) in [7, 11) is 0. The molecule has 0 saturated heterocycles. The van der Waals surface area contributed by atoms with E-state index in [9.17, 15) is 67.1 Å². The van der Waals surface area contributed by atoms with Crippen molar-refractivity contribution in [2.24, 2.45) is 0 Å². The molecule has 2 atom stereocenters. The summed E-state index contributed by atoms with van der Waals surface area (Å²) < 4.78 is 162. The van der Waals surface area contributed by atoms with Crippen molar-refractivity contribution < 1.29 is 72.1 Å². The zero-order valence-corrected chi connectivity index (χ0v) is 35.5. The van der Waals surface area contributed by atoms with Gasteiger partial charge in [-0.25, -0.2) is 9.59 Å². The van der Waals surface area contributed by atoms with Crippen LogP contribution in [0, 0.1) is 0 Å². The second-order valence-electron chi connectivity index (χ2n) is 15.2. The van der Waals surface area contributed by atoms with Crippen LogP contribution in [0.5, 0.6) is 0 Å². The van der Waals surface area contributed by atoms with Gasteiger partial charge in [-0.1, -0.05) is 92.8 Å². The van der Waals surface area contributed by atoms with Gasteiger partial charge in [0.05, 0.1) is 54.0 Å². The SMILES string of the molecule is O=CCCCCCCCCCNC(NC[C@@H](NC(=O)Nc1cc(C(F)(F)F)cc(C(F)(F)F)c1)c1ccccc1)=[NH+]C[C@@H](NC(=O)Nc1cc(C(F)(F)F)cc(C(F)(F)F)c1)c1ccccc1.